The van der Waals surface area contributed by atoms with E-state index in [0.717, 1.165) is 6.54 Å². The molecule has 1 aliphatic rings. The van der Waals surface area contributed by atoms with Gasteiger partial charge in [0.15, 0.2) is 0 Å². The minimum atomic E-state index is -0.119. The van der Waals surface area contributed by atoms with Crippen molar-refractivity contribution in [3.8, 4) is 0 Å². The van der Waals surface area contributed by atoms with E-state index in [4.69, 9.17) is 5.73 Å². The number of nitrogens with zero attached hydrogens (tertiary/aromatic N) is 1. The Bertz CT molecular complexity index is 341. The van der Waals surface area contributed by atoms with Gasteiger partial charge in [-0.2, -0.15) is 5.10 Å². The van der Waals surface area contributed by atoms with E-state index in [-0.39, 0.29) is 5.91 Å². The number of hydrogen-bond donors (Lipinski definition) is 3. The number of H-pyrrole nitrogens is 1. The largest absolute Gasteiger partial charge is 0.382 e. The number of aromatic amines is 1. The average molecular weight is 208 g/mol. The zero-order chi connectivity index (χ0) is 10.7. The van der Waals surface area contributed by atoms with Crippen LogP contribution in [0.4, 0.5) is 5.82 Å². The third kappa shape index (κ3) is 2.49. The van der Waals surface area contributed by atoms with Crippen LogP contribution >= 0.6 is 0 Å². The second kappa shape index (κ2) is 4.33. The lowest BCUT2D eigenvalue weighted by Crippen LogP contribution is -2.28. The Labute approximate surface area is 88.4 Å². The summed E-state index contributed by atoms with van der Waals surface area (Å²) in [5, 5.41) is 9.19. The number of carbonyl (C=O) groups is 1. The number of anilines is 1. The van der Waals surface area contributed by atoms with E-state index in [9.17, 15) is 4.79 Å². The number of amides is 1. The Balaban J connectivity index is 1.81. The van der Waals surface area contributed by atoms with Crippen LogP contribution in [0.2, 0.25) is 0 Å². The van der Waals surface area contributed by atoms with Crippen LogP contribution in [-0.4, -0.2) is 22.6 Å². The third-order valence-corrected chi connectivity index (χ3v) is 2.87. The summed E-state index contributed by atoms with van der Waals surface area (Å²) in [7, 11) is 0. The van der Waals surface area contributed by atoms with Gasteiger partial charge in [0.1, 0.15) is 11.5 Å². The summed E-state index contributed by atoms with van der Waals surface area (Å²) in [4.78, 5) is 11.6. The fraction of sp³-hybridized carbons (Fsp3) is 0.600. The van der Waals surface area contributed by atoms with E-state index in [1.165, 1.54) is 25.7 Å². The minimum Gasteiger partial charge on any atom is -0.382 e. The lowest BCUT2D eigenvalue weighted by molar-refractivity contribution is 0.0942. The third-order valence-electron chi connectivity index (χ3n) is 2.87. The molecule has 15 heavy (non-hydrogen) atoms. The van der Waals surface area contributed by atoms with Gasteiger partial charge in [0.2, 0.25) is 0 Å². The maximum absolute atomic E-state index is 11.6. The van der Waals surface area contributed by atoms with Crippen molar-refractivity contribution in [3.63, 3.8) is 0 Å². The Kier molecular flexibility index (Phi) is 2.89. The maximum Gasteiger partial charge on any atom is 0.269 e. The smallest absolute Gasteiger partial charge is 0.269 e. The summed E-state index contributed by atoms with van der Waals surface area (Å²) in [6.45, 7) is 0.762. The van der Waals surface area contributed by atoms with E-state index in [1.807, 2.05) is 0 Å². The molecule has 82 valence electrons. The fourth-order valence-electron chi connectivity index (χ4n) is 2.00. The number of nitrogen functional groups attached to an aromatic ring is 1. The number of hydrogen-bond acceptors (Lipinski definition) is 3. The highest BCUT2D eigenvalue weighted by Crippen LogP contribution is 2.23. The van der Waals surface area contributed by atoms with Crippen LogP contribution < -0.4 is 11.1 Å². The number of nitrogens with one attached hydrogen (secondary N) is 2. The molecule has 2 rings (SSSR count). The molecule has 0 atom stereocenters. The molecule has 0 bridgehead atoms. The highest BCUT2D eigenvalue weighted by atomic mass is 16.1. The van der Waals surface area contributed by atoms with Crippen molar-refractivity contribution in [2.45, 2.75) is 25.7 Å². The van der Waals surface area contributed by atoms with Gasteiger partial charge in [-0.15, -0.1) is 0 Å². The molecular weight excluding hydrogens is 192 g/mol. The molecule has 1 aromatic heterocycles. The van der Waals surface area contributed by atoms with Gasteiger partial charge in [-0.1, -0.05) is 12.8 Å². The predicted molar refractivity (Wildman–Crippen MR) is 57.3 cm³/mol. The second-order valence-electron chi connectivity index (χ2n) is 4.07. The molecule has 0 spiro atoms. The first-order valence-corrected chi connectivity index (χ1v) is 5.35. The van der Waals surface area contributed by atoms with Gasteiger partial charge in [0, 0.05) is 12.6 Å². The summed E-state index contributed by atoms with van der Waals surface area (Å²) in [5.41, 5.74) is 5.85. The van der Waals surface area contributed by atoms with Gasteiger partial charge in [0.05, 0.1) is 0 Å². The van der Waals surface area contributed by atoms with Crippen molar-refractivity contribution in [3.05, 3.63) is 11.8 Å². The van der Waals surface area contributed by atoms with Crippen LogP contribution in [0, 0.1) is 5.92 Å². The lowest BCUT2D eigenvalue weighted by Gasteiger charge is -2.09. The normalized spacial score (nSPS) is 16.8. The lowest BCUT2D eigenvalue weighted by atomic mass is 10.1. The molecule has 1 saturated carbocycles. The summed E-state index contributed by atoms with van der Waals surface area (Å²) >= 11 is 0. The predicted octanol–water partition coefficient (Wildman–Crippen LogP) is 0.912. The molecule has 4 N–H and O–H groups in total. The highest BCUT2D eigenvalue weighted by Gasteiger charge is 2.16. The Morgan fingerprint density at radius 3 is 2.93 bits per heavy atom. The molecular formula is C10H16N4O. The zero-order valence-corrected chi connectivity index (χ0v) is 8.62. The van der Waals surface area contributed by atoms with Crippen LogP contribution in [0.1, 0.15) is 36.2 Å². The molecule has 1 heterocycles. The topological polar surface area (TPSA) is 83.8 Å². The molecule has 5 heteroatoms. The first kappa shape index (κ1) is 10.0. The number of aromatic nitrogens is 2. The molecule has 1 aromatic rings. The molecule has 1 amide bonds. The maximum atomic E-state index is 11.6. The van der Waals surface area contributed by atoms with Gasteiger partial charge < -0.3 is 11.1 Å². The van der Waals surface area contributed by atoms with Crippen molar-refractivity contribution >= 4 is 11.7 Å². The molecule has 1 aliphatic carbocycles. The first-order valence-electron chi connectivity index (χ1n) is 5.35. The van der Waals surface area contributed by atoms with Crippen LogP contribution in [0.5, 0.6) is 0 Å². The van der Waals surface area contributed by atoms with Crippen molar-refractivity contribution in [1.82, 2.24) is 15.5 Å². The van der Waals surface area contributed by atoms with E-state index < -0.39 is 0 Å². The second-order valence-corrected chi connectivity index (χ2v) is 4.07. The molecule has 0 unspecified atom stereocenters. The van der Waals surface area contributed by atoms with Crippen molar-refractivity contribution < 1.29 is 4.79 Å². The highest BCUT2D eigenvalue weighted by molar-refractivity contribution is 5.92. The molecule has 1 fully saturated rings. The van der Waals surface area contributed by atoms with E-state index >= 15 is 0 Å². The standard InChI is InChI=1S/C10H16N4O/c11-9-5-8(13-14-9)10(15)12-6-7-3-1-2-4-7/h5,7H,1-4,6H2,(H,12,15)(H3,11,13,14). The van der Waals surface area contributed by atoms with Crippen molar-refractivity contribution in [2.75, 3.05) is 12.3 Å². The van der Waals surface area contributed by atoms with E-state index in [0.29, 0.717) is 17.4 Å². The first-order chi connectivity index (χ1) is 7.25. The Hall–Kier alpha value is -1.52. The monoisotopic (exact) mass is 208 g/mol. The van der Waals surface area contributed by atoms with Crippen molar-refractivity contribution in [2.24, 2.45) is 5.92 Å². The summed E-state index contributed by atoms with van der Waals surface area (Å²) in [5.74, 6) is 0.876. The molecule has 0 aromatic carbocycles. The van der Waals surface area contributed by atoms with Crippen LogP contribution in [0.15, 0.2) is 6.07 Å². The summed E-state index contributed by atoms with van der Waals surface area (Å²) in [6.07, 6.45) is 5.03. The van der Waals surface area contributed by atoms with Crippen LogP contribution in [0.25, 0.3) is 0 Å². The van der Waals surface area contributed by atoms with Crippen LogP contribution in [0.3, 0.4) is 0 Å². The van der Waals surface area contributed by atoms with Gasteiger partial charge in [-0.25, -0.2) is 0 Å². The van der Waals surface area contributed by atoms with Gasteiger partial charge in [-0.05, 0) is 18.8 Å². The number of rotatable bonds is 3. The molecule has 0 aliphatic heterocycles. The molecule has 0 radical (unpaired) electrons. The number of carbonyl (C=O) groups excluding carboxylic acids is 1. The molecule has 5 nitrogen and oxygen atoms in total. The van der Waals surface area contributed by atoms with E-state index in [1.54, 1.807) is 6.07 Å². The minimum absolute atomic E-state index is 0.119. The Morgan fingerprint density at radius 1 is 1.60 bits per heavy atom. The van der Waals surface area contributed by atoms with E-state index in [2.05, 4.69) is 15.5 Å². The average Bonchev–Trinajstić information content (AvgIpc) is 2.84. The Morgan fingerprint density at radius 2 is 2.33 bits per heavy atom. The SMILES string of the molecule is Nc1cc(C(=O)NCC2CCCC2)[nH]n1. The van der Waals surface area contributed by atoms with Crippen molar-refractivity contribution in [1.29, 1.82) is 0 Å². The van der Waals surface area contributed by atoms with Gasteiger partial charge in [0.25, 0.3) is 5.91 Å². The number of nitrogens with two attached hydrogens (primary N) is 1. The molecule has 0 saturated heterocycles. The summed E-state index contributed by atoms with van der Waals surface area (Å²) in [6, 6.07) is 1.55. The quantitative estimate of drug-likeness (QED) is 0.690. The zero-order valence-electron chi connectivity index (χ0n) is 8.62. The fourth-order valence-corrected chi connectivity index (χ4v) is 2.00. The van der Waals surface area contributed by atoms with Crippen LogP contribution in [-0.2, 0) is 0 Å². The summed E-state index contributed by atoms with van der Waals surface area (Å²) < 4.78 is 0. The van der Waals surface area contributed by atoms with Gasteiger partial charge >= 0.3 is 0 Å². The van der Waals surface area contributed by atoms with Gasteiger partial charge in [-0.3, -0.25) is 9.89 Å².